The Balaban J connectivity index is 1.24. The van der Waals surface area contributed by atoms with E-state index in [4.69, 9.17) is 14.2 Å². The first-order valence-electron chi connectivity index (χ1n) is 9.20. The highest BCUT2D eigenvalue weighted by Gasteiger charge is 2.22. The molecule has 1 amide bonds. The maximum Gasteiger partial charge on any atom is 0.258 e. The van der Waals surface area contributed by atoms with Crippen LogP contribution < -0.4 is 19.5 Å². The Morgan fingerprint density at radius 1 is 1.26 bits per heavy atom. The zero-order valence-corrected chi connectivity index (χ0v) is 15.1. The van der Waals surface area contributed by atoms with Gasteiger partial charge in [0.1, 0.15) is 5.75 Å². The molecule has 7 nitrogen and oxygen atoms in total. The molecule has 4 rings (SSSR count). The average molecular weight is 369 g/mol. The van der Waals surface area contributed by atoms with Gasteiger partial charge in [-0.3, -0.25) is 14.7 Å². The molecule has 2 aliphatic heterocycles. The average Bonchev–Trinajstić information content (AvgIpc) is 3.15. The zero-order chi connectivity index (χ0) is 18.5. The summed E-state index contributed by atoms with van der Waals surface area (Å²) in [6, 6.07) is 11.4. The molecule has 27 heavy (non-hydrogen) atoms. The van der Waals surface area contributed by atoms with Crippen molar-refractivity contribution in [2.75, 3.05) is 26.5 Å². The highest BCUT2D eigenvalue weighted by atomic mass is 16.7. The first-order valence-corrected chi connectivity index (χ1v) is 9.20. The number of fused-ring (bicyclic) bond motifs is 1. The van der Waals surface area contributed by atoms with Gasteiger partial charge in [0.15, 0.2) is 18.1 Å². The first kappa shape index (κ1) is 17.6. The van der Waals surface area contributed by atoms with Crippen LogP contribution in [0.3, 0.4) is 0 Å². The van der Waals surface area contributed by atoms with Gasteiger partial charge in [0.05, 0.1) is 5.69 Å². The number of hydrogen-bond acceptors (Lipinski definition) is 6. The summed E-state index contributed by atoms with van der Waals surface area (Å²) in [5.74, 6) is 1.82. The van der Waals surface area contributed by atoms with E-state index < -0.39 is 0 Å². The van der Waals surface area contributed by atoms with Gasteiger partial charge in [0.25, 0.3) is 5.91 Å². The molecule has 0 bridgehead atoms. The van der Waals surface area contributed by atoms with Crippen LogP contribution in [0.5, 0.6) is 17.2 Å². The number of piperidine rings is 1. The van der Waals surface area contributed by atoms with Gasteiger partial charge in [-0.1, -0.05) is 6.07 Å². The van der Waals surface area contributed by atoms with Crippen LogP contribution >= 0.6 is 0 Å². The van der Waals surface area contributed by atoms with Gasteiger partial charge in [0.2, 0.25) is 6.79 Å². The molecular weight excluding hydrogens is 346 g/mol. The predicted octanol–water partition coefficient (Wildman–Crippen LogP) is 1.97. The number of benzene rings is 1. The number of carbonyl (C=O) groups is 1. The molecule has 0 saturated carbocycles. The number of aromatic nitrogens is 1. The minimum Gasteiger partial charge on any atom is -0.484 e. The molecule has 1 atom stereocenters. The van der Waals surface area contributed by atoms with E-state index in [2.05, 4.69) is 15.2 Å². The van der Waals surface area contributed by atoms with Crippen molar-refractivity contribution in [3.63, 3.8) is 0 Å². The lowest BCUT2D eigenvalue weighted by atomic mass is 10.1. The smallest absolute Gasteiger partial charge is 0.258 e. The lowest BCUT2D eigenvalue weighted by Crippen LogP contribution is -2.48. The van der Waals surface area contributed by atoms with E-state index in [-0.39, 0.29) is 25.3 Å². The fraction of sp³-hybridized carbons (Fsp3) is 0.400. The fourth-order valence-electron chi connectivity index (χ4n) is 3.42. The van der Waals surface area contributed by atoms with Crippen molar-refractivity contribution >= 4 is 5.91 Å². The largest absolute Gasteiger partial charge is 0.484 e. The maximum atomic E-state index is 12.3. The quantitative estimate of drug-likeness (QED) is 0.839. The molecule has 1 aromatic heterocycles. The molecule has 142 valence electrons. The van der Waals surface area contributed by atoms with Crippen molar-refractivity contribution in [2.24, 2.45) is 0 Å². The Labute approximate surface area is 158 Å². The summed E-state index contributed by atoms with van der Waals surface area (Å²) >= 11 is 0. The standard InChI is InChI=1S/C20H23N3O4/c24-20(13-25-17-6-7-18-19(10-17)27-14-26-18)22-16-5-3-9-23(12-16)11-15-4-1-2-8-21-15/h1-2,4,6-8,10,16H,3,5,9,11-14H2,(H,22,24)/t16-/m1/s1. The molecule has 2 aromatic rings. The Morgan fingerprint density at radius 3 is 3.07 bits per heavy atom. The second kappa shape index (κ2) is 8.26. The van der Waals surface area contributed by atoms with Crippen LogP contribution in [-0.2, 0) is 11.3 Å². The summed E-state index contributed by atoms with van der Waals surface area (Å²) in [6.07, 6.45) is 3.85. The number of hydrogen-bond donors (Lipinski definition) is 1. The number of nitrogens with one attached hydrogen (secondary N) is 1. The fourth-order valence-corrected chi connectivity index (χ4v) is 3.42. The van der Waals surface area contributed by atoms with E-state index in [0.29, 0.717) is 17.2 Å². The van der Waals surface area contributed by atoms with Gasteiger partial charge in [-0.15, -0.1) is 0 Å². The molecule has 1 N–H and O–H groups in total. The number of amides is 1. The van der Waals surface area contributed by atoms with Crippen LogP contribution in [0.25, 0.3) is 0 Å². The van der Waals surface area contributed by atoms with Crippen molar-refractivity contribution in [2.45, 2.75) is 25.4 Å². The zero-order valence-electron chi connectivity index (χ0n) is 15.1. The molecule has 1 saturated heterocycles. The number of pyridine rings is 1. The van der Waals surface area contributed by atoms with Crippen LogP contribution in [-0.4, -0.2) is 48.3 Å². The summed E-state index contributed by atoms with van der Waals surface area (Å²) < 4.78 is 16.2. The normalized spacial score (nSPS) is 18.9. The van der Waals surface area contributed by atoms with Gasteiger partial charge in [-0.25, -0.2) is 0 Å². The number of rotatable bonds is 6. The van der Waals surface area contributed by atoms with E-state index in [9.17, 15) is 4.79 Å². The highest BCUT2D eigenvalue weighted by molar-refractivity contribution is 5.77. The molecule has 0 radical (unpaired) electrons. The van der Waals surface area contributed by atoms with Gasteiger partial charge in [-0.2, -0.15) is 0 Å². The third-order valence-electron chi connectivity index (χ3n) is 4.70. The number of nitrogens with zero attached hydrogens (tertiary/aromatic N) is 2. The minimum atomic E-state index is -0.114. The SMILES string of the molecule is O=C(COc1ccc2c(c1)OCO2)N[C@@H]1CCCN(Cc2ccccn2)C1. The summed E-state index contributed by atoms with van der Waals surface area (Å²) in [7, 11) is 0. The predicted molar refractivity (Wildman–Crippen MR) is 98.7 cm³/mol. The molecule has 0 spiro atoms. The lowest BCUT2D eigenvalue weighted by molar-refractivity contribution is -0.124. The Morgan fingerprint density at radius 2 is 2.19 bits per heavy atom. The highest BCUT2D eigenvalue weighted by Crippen LogP contribution is 2.35. The second-order valence-electron chi connectivity index (χ2n) is 6.77. The van der Waals surface area contributed by atoms with Gasteiger partial charge >= 0.3 is 0 Å². The minimum absolute atomic E-state index is 0.0175. The molecule has 1 fully saturated rings. The Bertz CT molecular complexity index is 784. The number of ether oxygens (including phenoxy) is 3. The van der Waals surface area contributed by atoms with E-state index >= 15 is 0 Å². The number of likely N-dealkylation sites (tertiary alicyclic amines) is 1. The van der Waals surface area contributed by atoms with Crippen molar-refractivity contribution in [1.82, 2.24) is 15.2 Å². The van der Waals surface area contributed by atoms with Crippen LogP contribution in [0.2, 0.25) is 0 Å². The topological polar surface area (TPSA) is 72.9 Å². The van der Waals surface area contributed by atoms with Crippen LogP contribution in [0.1, 0.15) is 18.5 Å². The molecule has 2 aliphatic rings. The third-order valence-corrected chi connectivity index (χ3v) is 4.70. The Hall–Kier alpha value is -2.80. The summed E-state index contributed by atoms with van der Waals surface area (Å²) in [4.78, 5) is 19.0. The van der Waals surface area contributed by atoms with E-state index in [0.717, 1.165) is 38.2 Å². The van der Waals surface area contributed by atoms with E-state index in [1.54, 1.807) is 18.2 Å². The molecule has 3 heterocycles. The van der Waals surface area contributed by atoms with Crippen molar-refractivity contribution in [3.05, 3.63) is 48.3 Å². The van der Waals surface area contributed by atoms with Crippen LogP contribution in [0.15, 0.2) is 42.6 Å². The molecular formula is C20H23N3O4. The second-order valence-corrected chi connectivity index (χ2v) is 6.77. The molecule has 1 aromatic carbocycles. The Kier molecular flexibility index (Phi) is 5.39. The van der Waals surface area contributed by atoms with Gasteiger partial charge in [-0.05, 0) is 43.7 Å². The number of carbonyl (C=O) groups excluding carboxylic acids is 1. The van der Waals surface area contributed by atoms with Crippen LogP contribution in [0, 0.1) is 0 Å². The summed E-state index contributed by atoms with van der Waals surface area (Å²) in [6.45, 7) is 2.86. The lowest BCUT2D eigenvalue weighted by Gasteiger charge is -2.32. The van der Waals surface area contributed by atoms with Gasteiger partial charge in [0, 0.05) is 31.4 Å². The van der Waals surface area contributed by atoms with Crippen molar-refractivity contribution in [3.8, 4) is 17.2 Å². The van der Waals surface area contributed by atoms with E-state index in [1.165, 1.54) is 0 Å². The molecule has 7 heteroatoms. The van der Waals surface area contributed by atoms with E-state index in [1.807, 2.05) is 24.4 Å². The monoisotopic (exact) mass is 369 g/mol. The maximum absolute atomic E-state index is 12.3. The van der Waals surface area contributed by atoms with Crippen molar-refractivity contribution in [1.29, 1.82) is 0 Å². The van der Waals surface area contributed by atoms with Crippen LogP contribution in [0.4, 0.5) is 0 Å². The summed E-state index contributed by atoms with van der Waals surface area (Å²) in [5.41, 5.74) is 1.05. The molecule has 0 unspecified atom stereocenters. The van der Waals surface area contributed by atoms with Crippen molar-refractivity contribution < 1.29 is 19.0 Å². The van der Waals surface area contributed by atoms with Gasteiger partial charge < -0.3 is 19.5 Å². The molecule has 0 aliphatic carbocycles. The summed E-state index contributed by atoms with van der Waals surface area (Å²) in [5, 5.41) is 3.08. The third kappa shape index (κ3) is 4.68. The first-order chi connectivity index (χ1) is 13.3.